The van der Waals surface area contributed by atoms with Crippen molar-refractivity contribution in [2.45, 2.75) is 6.42 Å². The number of quaternary nitrogens is 1. The molecule has 0 bridgehead atoms. The first kappa shape index (κ1) is 21.5. The third-order valence-corrected chi connectivity index (χ3v) is 3.40. The Hall–Kier alpha value is -1.48. The number of aldehydes is 1. The average Bonchev–Trinajstić information content (AvgIpc) is 2.46. The van der Waals surface area contributed by atoms with Gasteiger partial charge in [-0.1, -0.05) is 0 Å². The van der Waals surface area contributed by atoms with Crippen molar-refractivity contribution in [1.29, 1.82) is 0 Å². The van der Waals surface area contributed by atoms with E-state index in [1.807, 2.05) is 24.3 Å². The molecule has 0 aromatic heterocycles. The van der Waals surface area contributed by atoms with Crippen molar-refractivity contribution in [1.82, 2.24) is 0 Å². The number of benzene rings is 1. The molecule has 0 unspecified atom stereocenters. The van der Waals surface area contributed by atoms with Crippen LogP contribution in [0.25, 0.3) is 0 Å². The third kappa shape index (κ3) is 11.7. The number of nitrogens with zero attached hydrogens (tertiary/aromatic N) is 2. The van der Waals surface area contributed by atoms with Gasteiger partial charge in [0, 0.05) is 31.3 Å². The number of carbonyl (C=O) groups excluding carboxylic acids is 1. The van der Waals surface area contributed by atoms with E-state index in [1.54, 1.807) is 0 Å². The predicted molar refractivity (Wildman–Crippen MR) is 89.3 cm³/mol. The van der Waals surface area contributed by atoms with Crippen molar-refractivity contribution >= 4 is 22.4 Å². The predicted octanol–water partition coefficient (Wildman–Crippen LogP) is 1.12. The van der Waals surface area contributed by atoms with Gasteiger partial charge in [-0.15, -0.1) is 0 Å². The first-order chi connectivity index (χ1) is 10.5. The zero-order valence-corrected chi connectivity index (χ0v) is 15.2. The second-order valence-corrected chi connectivity index (χ2v) is 7.22. The summed E-state index contributed by atoms with van der Waals surface area (Å²) in [6, 6.07) is 7.71. The van der Waals surface area contributed by atoms with Gasteiger partial charge in [0.1, 0.15) is 6.29 Å². The monoisotopic (exact) mass is 346 g/mol. The maximum Gasteiger partial charge on any atom is 0.217 e. The molecule has 0 heterocycles. The normalized spacial score (nSPS) is 11.4. The van der Waals surface area contributed by atoms with Crippen molar-refractivity contribution in [2.24, 2.45) is 0 Å². The molecule has 0 N–H and O–H groups in total. The Bertz CT molecular complexity index is 565. The van der Waals surface area contributed by atoms with Crippen molar-refractivity contribution in [3.05, 3.63) is 29.8 Å². The van der Waals surface area contributed by atoms with Gasteiger partial charge in [0.25, 0.3) is 0 Å². The van der Waals surface area contributed by atoms with Crippen molar-refractivity contribution in [3.8, 4) is 0 Å². The van der Waals surface area contributed by atoms with Gasteiger partial charge >= 0.3 is 0 Å². The van der Waals surface area contributed by atoms with E-state index in [4.69, 9.17) is 0 Å². The number of hydrogen-bond acceptors (Lipinski definition) is 6. The lowest BCUT2D eigenvalue weighted by Crippen LogP contribution is -2.37. The van der Waals surface area contributed by atoms with Crippen LogP contribution in [0.15, 0.2) is 24.3 Å². The molecule has 0 radical (unpaired) electrons. The van der Waals surface area contributed by atoms with E-state index in [2.05, 4.69) is 37.3 Å². The zero-order valence-electron chi connectivity index (χ0n) is 14.4. The lowest BCUT2D eigenvalue weighted by Gasteiger charge is -2.26. The highest BCUT2D eigenvalue weighted by molar-refractivity contribution is 7.80. The van der Waals surface area contributed by atoms with Crippen LogP contribution in [0.1, 0.15) is 16.8 Å². The van der Waals surface area contributed by atoms with E-state index >= 15 is 0 Å². The summed E-state index contributed by atoms with van der Waals surface area (Å²) < 4.78 is 32.0. The summed E-state index contributed by atoms with van der Waals surface area (Å²) >= 11 is 0. The van der Waals surface area contributed by atoms with Crippen LogP contribution in [0.4, 0.5) is 5.69 Å². The highest BCUT2D eigenvalue weighted by Crippen LogP contribution is 2.13. The van der Waals surface area contributed by atoms with Gasteiger partial charge in [-0.25, -0.2) is 8.42 Å². The quantitative estimate of drug-likeness (QED) is 0.318. The third-order valence-electron chi connectivity index (χ3n) is 3.00. The molecule has 0 aliphatic rings. The van der Waals surface area contributed by atoms with E-state index in [9.17, 15) is 17.8 Å². The molecule has 1 aromatic carbocycles. The van der Waals surface area contributed by atoms with Crippen LogP contribution >= 0.6 is 0 Å². The maximum atomic E-state index is 10.6. The molecule has 0 fully saturated rings. The zero-order chi connectivity index (χ0) is 18.1. The molecule has 132 valence electrons. The highest BCUT2D eigenvalue weighted by Gasteiger charge is 2.07. The summed E-state index contributed by atoms with van der Waals surface area (Å²) in [6.45, 7) is 2.20. The van der Waals surface area contributed by atoms with Gasteiger partial charge in [-0.2, -0.15) is 0 Å². The van der Waals surface area contributed by atoms with Crippen LogP contribution < -0.4 is 4.90 Å². The van der Waals surface area contributed by atoms with E-state index in [0.717, 1.165) is 48.6 Å². The molecular weight excluding hydrogens is 320 g/mol. The Kier molecular flexibility index (Phi) is 8.99. The molecule has 23 heavy (non-hydrogen) atoms. The Morgan fingerprint density at radius 2 is 1.70 bits per heavy atom. The highest BCUT2D eigenvalue weighted by atomic mass is 32.3. The maximum absolute atomic E-state index is 10.6. The van der Waals surface area contributed by atoms with Gasteiger partial charge in [0.2, 0.25) is 10.4 Å². The van der Waals surface area contributed by atoms with Crippen LogP contribution in [0.5, 0.6) is 0 Å². The Labute approximate surface area is 139 Å². The summed E-state index contributed by atoms with van der Waals surface area (Å²) in [4.78, 5) is 12.8. The summed E-state index contributed by atoms with van der Waals surface area (Å²) in [5.74, 6) is 0. The number of anilines is 1. The average molecular weight is 346 g/mol. The number of rotatable bonds is 7. The molecule has 0 amide bonds. The lowest BCUT2D eigenvalue weighted by molar-refractivity contribution is -0.870. The van der Waals surface area contributed by atoms with Crippen LogP contribution in [-0.2, 0) is 14.6 Å². The smallest absolute Gasteiger partial charge is 0.217 e. The minimum absolute atomic E-state index is 0.730. The minimum atomic E-state index is -4.41. The standard InChI is InChI=1S/C14H23N2O.CH4O4S/c1-15(10-5-11-16(2,3)4)14-8-6-13(12-17)7-9-14;1-5-6(2,3)4/h6-9,12H,5,10-11H2,1-4H3;1H3,(H,2,3,4)/q+1;/p-1. The Morgan fingerprint density at radius 1 is 1.22 bits per heavy atom. The van der Waals surface area contributed by atoms with E-state index in [-0.39, 0.29) is 0 Å². The molecule has 0 atom stereocenters. The molecule has 0 spiro atoms. The number of carbonyl (C=O) groups is 1. The second kappa shape index (κ2) is 9.61. The molecule has 0 saturated heterocycles. The molecule has 1 rings (SSSR count). The minimum Gasteiger partial charge on any atom is -0.726 e. The van der Waals surface area contributed by atoms with E-state index in [1.165, 1.54) is 0 Å². The SMILES string of the molecule is CN(CCC[N+](C)(C)C)c1ccc(C=O)cc1.COS(=O)(=O)[O-]. The molecular formula is C15H26N2O5S. The van der Waals surface area contributed by atoms with Gasteiger partial charge in [-0.3, -0.25) is 8.98 Å². The largest absolute Gasteiger partial charge is 0.726 e. The van der Waals surface area contributed by atoms with Crippen LogP contribution in [0.3, 0.4) is 0 Å². The first-order valence-electron chi connectivity index (χ1n) is 7.07. The molecule has 0 saturated carbocycles. The van der Waals surface area contributed by atoms with Gasteiger partial charge in [0.05, 0.1) is 34.8 Å². The Balaban J connectivity index is 0.000000688. The van der Waals surface area contributed by atoms with Crippen molar-refractivity contribution in [2.75, 3.05) is 53.3 Å². The fourth-order valence-electron chi connectivity index (χ4n) is 1.72. The first-order valence-corrected chi connectivity index (χ1v) is 8.40. The fourth-order valence-corrected chi connectivity index (χ4v) is 1.72. The van der Waals surface area contributed by atoms with Gasteiger partial charge in [0.15, 0.2) is 0 Å². The van der Waals surface area contributed by atoms with Crippen molar-refractivity contribution < 1.29 is 26.4 Å². The summed E-state index contributed by atoms with van der Waals surface area (Å²) in [5, 5.41) is 0. The van der Waals surface area contributed by atoms with Gasteiger partial charge < -0.3 is 13.9 Å². The summed E-state index contributed by atoms with van der Waals surface area (Å²) in [5.41, 5.74) is 1.89. The molecule has 7 nitrogen and oxygen atoms in total. The van der Waals surface area contributed by atoms with Crippen molar-refractivity contribution in [3.63, 3.8) is 0 Å². The number of hydrogen-bond donors (Lipinski definition) is 0. The van der Waals surface area contributed by atoms with E-state index in [0.29, 0.717) is 0 Å². The van der Waals surface area contributed by atoms with E-state index < -0.39 is 10.4 Å². The van der Waals surface area contributed by atoms with Gasteiger partial charge in [-0.05, 0) is 24.3 Å². The molecule has 1 aromatic rings. The van der Waals surface area contributed by atoms with Crippen LogP contribution in [-0.4, -0.2) is 72.1 Å². The molecule has 8 heteroatoms. The Morgan fingerprint density at radius 3 is 2.04 bits per heavy atom. The topological polar surface area (TPSA) is 86.7 Å². The lowest BCUT2D eigenvalue weighted by atomic mass is 10.2. The fraction of sp³-hybridized carbons (Fsp3) is 0.533. The molecule has 0 aliphatic carbocycles. The summed E-state index contributed by atoms with van der Waals surface area (Å²) in [7, 11) is 5.11. The second-order valence-electron chi connectivity index (χ2n) is 6.07. The summed E-state index contributed by atoms with van der Waals surface area (Å²) in [6.07, 6.45) is 2.04. The molecule has 0 aliphatic heterocycles. The van der Waals surface area contributed by atoms with Crippen LogP contribution in [0.2, 0.25) is 0 Å². The van der Waals surface area contributed by atoms with Crippen LogP contribution in [0, 0.1) is 0 Å².